The lowest BCUT2D eigenvalue weighted by molar-refractivity contribution is -0.0841. The van der Waals surface area contributed by atoms with Crippen molar-refractivity contribution in [3.05, 3.63) is 42.0 Å². The standard InChI is InChI=1S/C17H19NO4.C8H17N/c19-11-12-5-7-18(8-6-12)22-16-10-14(17(20)21)9-13-3-1-2-4-15(13)16;1-8(2)9-6-4-3-5-7-9/h1-4,9-10,12,19H,5-8,11H2,(H,20,21);8H,3-7H2,1-2H3. The van der Waals surface area contributed by atoms with Crippen LogP contribution in [0.5, 0.6) is 5.75 Å². The molecule has 0 unspecified atom stereocenters. The minimum Gasteiger partial charge on any atom is -0.478 e. The van der Waals surface area contributed by atoms with Gasteiger partial charge < -0.3 is 20.0 Å². The molecular formula is C25H36N2O4. The first-order valence-corrected chi connectivity index (χ1v) is 11.5. The van der Waals surface area contributed by atoms with E-state index in [-0.39, 0.29) is 12.2 Å². The van der Waals surface area contributed by atoms with E-state index in [1.54, 1.807) is 12.1 Å². The number of carboxylic acids is 1. The van der Waals surface area contributed by atoms with Crippen molar-refractivity contribution in [2.24, 2.45) is 5.92 Å². The van der Waals surface area contributed by atoms with Crippen molar-refractivity contribution in [1.29, 1.82) is 0 Å². The Kier molecular flexibility index (Phi) is 8.69. The van der Waals surface area contributed by atoms with Crippen LogP contribution in [0.2, 0.25) is 0 Å². The maximum atomic E-state index is 11.3. The monoisotopic (exact) mass is 428 g/mol. The third-order valence-corrected chi connectivity index (χ3v) is 6.25. The minimum absolute atomic E-state index is 0.214. The number of hydroxylamine groups is 2. The van der Waals surface area contributed by atoms with Gasteiger partial charge in [-0.15, -0.1) is 5.06 Å². The number of piperidine rings is 2. The molecule has 0 bridgehead atoms. The van der Waals surface area contributed by atoms with Crippen molar-refractivity contribution in [2.75, 3.05) is 32.8 Å². The van der Waals surface area contributed by atoms with Crippen molar-refractivity contribution in [3.8, 4) is 5.75 Å². The summed E-state index contributed by atoms with van der Waals surface area (Å²) in [6, 6.07) is 11.6. The summed E-state index contributed by atoms with van der Waals surface area (Å²) in [6.45, 7) is 8.91. The number of rotatable bonds is 5. The average molecular weight is 429 g/mol. The van der Waals surface area contributed by atoms with Gasteiger partial charge in [-0.25, -0.2) is 4.79 Å². The first kappa shape index (κ1) is 23.5. The topological polar surface area (TPSA) is 73.2 Å². The van der Waals surface area contributed by atoms with Crippen molar-refractivity contribution < 1.29 is 19.8 Å². The number of carbonyl (C=O) groups is 1. The summed E-state index contributed by atoms with van der Waals surface area (Å²) in [4.78, 5) is 19.8. The van der Waals surface area contributed by atoms with Gasteiger partial charge in [-0.05, 0) is 76.1 Å². The second kappa shape index (κ2) is 11.5. The third-order valence-electron chi connectivity index (χ3n) is 6.25. The van der Waals surface area contributed by atoms with Gasteiger partial charge in [-0.3, -0.25) is 0 Å². The Morgan fingerprint density at radius 2 is 1.74 bits per heavy atom. The number of likely N-dealkylation sites (tertiary alicyclic amines) is 1. The molecule has 2 saturated heterocycles. The molecule has 0 spiro atoms. The van der Waals surface area contributed by atoms with E-state index in [0.29, 0.717) is 11.7 Å². The summed E-state index contributed by atoms with van der Waals surface area (Å²) in [7, 11) is 0. The largest absolute Gasteiger partial charge is 0.478 e. The summed E-state index contributed by atoms with van der Waals surface area (Å²) in [5, 5.41) is 22.0. The maximum absolute atomic E-state index is 11.3. The molecule has 2 heterocycles. The number of carboxylic acid groups (broad SMARTS) is 1. The highest BCUT2D eigenvalue weighted by Gasteiger charge is 2.21. The molecule has 6 nitrogen and oxygen atoms in total. The molecule has 0 aliphatic carbocycles. The minimum atomic E-state index is -0.963. The summed E-state index contributed by atoms with van der Waals surface area (Å²) >= 11 is 0. The number of fused-ring (bicyclic) bond motifs is 1. The number of aliphatic hydroxyl groups is 1. The van der Waals surface area contributed by atoms with Crippen LogP contribution in [0.3, 0.4) is 0 Å². The van der Waals surface area contributed by atoms with Crippen molar-refractivity contribution in [3.63, 3.8) is 0 Å². The summed E-state index contributed by atoms with van der Waals surface area (Å²) < 4.78 is 0. The lowest BCUT2D eigenvalue weighted by atomic mass is 9.99. The highest BCUT2D eigenvalue weighted by atomic mass is 16.7. The van der Waals surface area contributed by atoms with E-state index in [1.165, 1.54) is 32.4 Å². The smallest absolute Gasteiger partial charge is 0.335 e. The van der Waals surface area contributed by atoms with Gasteiger partial charge in [0.15, 0.2) is 5.75 Å². The lowest BCUT2D eigenvalue weighted by Gasteiger charge is -2.30. The molecule has 2 fully saturated rings. The van der Waals surface area contributed by atoms with E-state index in [2.05, 4.69) is 18.7 Å². The second-order valence-electron chi connectivity index (χ2n) is 8.84. The van der Waals surface area contributed by atoms with Crippen molar-refractivity contribution in [2.45, 2.75) is 52.0 Å². The first-order valence-electron chi connectivity index (χ1n) is 11.5. The Labute approximate surface area is 185 Å². The summed E-state index contributed by atoms with van der Waals surface area (Å²) in [5.41, 5.74) is 0.221. The van der Waals surface area contributed by atoms with Crippen LogP contribution in [0.4, 0.5) is 0 Å². The Hall–Kier alpha value is -2.15. The van der Waals surface area contributed by atoms with Gasteiger partial charge in [0.25, 0.3) is 0 Å². The SMILES string of the molecule is CC(C)N1CCCCC1.O=C(O)c1cc(ON2CCC(CO)CC2)c2ccccc2c1. The molecule has 0 amide bonds. The van der Waals surface area contributed by atoms with Crippen LogP contribution in [0.1, 0.15) is 56.3 Å². The summed E-state index contributed by atoms with van der Waals surface area (Å²) in [6.07, 6.45) is 6.04. The van der Waals surface area contributed by atoms with Gasteiger partial charge in [0.1, 0.15) is 0 Å². The van der Waals surface area contributed by atoms with Gasteiger partial charge in [-0.1, -0.05) is 30.7 Å². The zero-order chi connectivity index (χ0) is 22.2. The van der Waals surface area contributed by atoms with E-state index in [0.717, 1.165) is 42.7 Å². The van der Waals surface area contributed by atoms with Crippen LogP contribution in [-0.2, 0) is 0 Å². The molecular weight excluding hydrogens is 392 g/mol. The van der Waals surface area contributed by atoms with Gasteiger partial charge in [-0.2, -0.15) is 0 Å². The molecule has 2 aliphatic heterocycles. The van der Waals surface area contributed by atoms with Gasteiger partial charge in [0.2, 0.25) is 0 Å². The molecule has 2 N–H and O–H groups in total. The Bertz CT molecular complexity index is 841. The van der Waals surface area contributed by atoms with Gasteiger partial charge >= 0.3 is 5.97 Å². The lowest BCUT2D eigenvalue weighted by Crippen LogP contribution is -2.37. The Balaban J connectivity index is 0.000000254. The molecule has 0 aromatic heterocycles. The second-order valence-corrected chi connectivity index (χ2v) is 8.84. The summed E-state index contributed by atoms with van der Waals surface area (Å²) in [5.74, 6) is -0.0607. The van der Waals surface area contributed by atoms with Crippen LogP contribution in [0.25, 0.3) is 10.8 Å². The van der Waals surface area contributed by atoms with Crippen LogP contribution in [0.15, 0.2) is 36.4 Å². The molecule has 2 aliphatic rings. The zero-order valence-electron chi connectivity index (χ0n) is 18.8. The number of hydrogen-bond donors (Lipinski definition) is 2. The number of nitrogens with zero attached hydrogens (tertiary/aromatic N) is 2. The molecule has 4 rings (SSSR count). The molecule has 0 atom stereocenters. The molecule has 6 heteroatoms. The highest BCUT2D eigenvalue weighted by molar-refractivity contribution is 5.97. The number of aromatic carboxylic acids is 1. The van der Waals surface area contributed by atoms with E-state index in [4.69, 9.17) is 4.84 Å². The molecule has 2 aromatic rings. The van der Waals surface area contributed by atoms with E-state index in [9.17, 15) is 15.0 Å². The van der Waals surface area contributed by atoms with Gasteiger partial charge in [0, 0.05) is 31.1 Å². The normalized spacial score (nSPS) is 18.6. The predicted octanol–water partition coefficient (Wildman–Crippen LogP) is 4.42. The van der Waals surface area contributed by atoms with E-state index in [1.807, 2.05) is 29.3 Å². The van der Waals surface area contributed by atoms with E-state index < -0.39 is 5.97 Å². The Morgan fingerprint density at radius 3 is 2.32 bits per heavy atom. The van der Waals surface area contributed by atoms with E-state index >= 15 is 0 Å². The van der Waals surface area contributed by atoms with Crippen LogP contribution in [-0.4, -0.2) is 65.0 Å². The van der Waals surface area contributed by atoms with Crippen LogP contribution < -0.4 is 4.84 Å². The first-order chi connectivity index (χ1) is 15.0. The molecule has 2 aromatic carbocycles. The molecule has 0 radical (unpaired) electrons. The third kappa shape index (κ3) is 6.66. The number of aliphatic hydroxyl groups excluding tert-OH is 1. The fraction of sp³-hybridized carbons (Fsp3) is 0.560. The Morgan fingerprint density at radius 1 is 1.06 bits per heavy atom. The molecule has 31 heavy (non-hydrogen) atoms. The highest BCUT2D eigenvalue weighted by Crippen LogP contribution is 2.29. The number of benzene rings is 2. The molecule has 170 valence electrons. The number of hydrogen-bond acceptors (Lipinski definition) is 5. The predicted molar refractivity (Wildman–Crippen MR) is 123 cm³/mol. The maximum Gasteiger partial charge on any atom is 0.335 e. The van der Waals surface area contributed by atoms with Crippen LogP contribution >= 0.6 is 0 Å². The average Bonchev–Trinajstić information content (AvgIpc) is 2.80. The van der Waals surface area contributed by atoms with Crippen molar-refractivity contribution in [1.82, 2.24) is 9.96 Å². The fourth-order valence-corrected chi connectivity index (χ4v) is 4.23. The quantitative estimate of drug-likeness (QED) is 0.735. The fourth-order valence-electron chi connectivity index (χ4n) is 4.23. The zero-order valence-corrected chi connectivity index (χ0v) is 18.8. The van der Waals surface area contributed by atoms with Crippen LogP contribution in [0, 0.1) is 5.92 Å². The van der Waals surface area contributed by atoms with Crippen molar-refractivity contribution >= 4 is 16.7 Å². The van der Waals surface area contributed by atoms with Gasteiger partial charge in [0.05, 0.1) is 5.56 Å². The molecule has 0 saturated carbocycles.